The van der Waals surface area contributed by atoms with Gasteiger partial charge >= 0.3 is 0 Å². The van der Waals surface area contributed by atoms with Crippen molar-refractivity contribution in [3.8, 4) is 0 Å². The highest BCUT2D eigenvalue weighted by atomic mass is 79.9. The van der Waals surface area contributed by atoms with Crippen molar-refractivity contribution in [1.29, 1.82) is 0 Å². The number of hydrogen-bond donors (Lipinski definition) is 1. The molecule has 1 N–H and O–H groups in total. The maximum absolute atomic E-state index is 12.6. The normalized spacial score (nSPS) is 21.5. The Hall–Kier alpha value is -0.910. The number of piperazine rings is 1. The smallest absolute Gasteiger partial charge is 0.244 e. The third-order valence-electron chi connectivity index (χ3n) is 3.72. The van der Waals surface area contributed by atoms with Crippen LogP contribution < -0.4 is 5.32 Å². The average molecular weight is 340 g/mol. The van der Waals surface area contributed by atoms with Crippen LogP contribution in [0, 0.1) is 0 Å². The summed E-state index contributed by atoms with van der Waals surface area (Å²) in [6, 6.07) is 8.19. The lowest BCUT2D eigenvalue weighted by Crippen LogP contribution is -2.54. The van der Waals surface area contributed by atoms with Crippen LogP contribution in [0.5, 0.6) is 0 Å². The van der Waals surface area contributed by atoms with E-state index in [1.54, 1.807) is 4.90 Å². The summed E-state index contributed by atoms with van der Waals surface area (Å²) in [5, 5.41) is 3.37. The number of halogens is 1. The fourth-order valence-corrected chi connectivity index (χ4v) is 3.05. The fourth-order valence-electron chi connectivity index (χ4n) is 2.64. The van der Waals surface area contributed by atoms with Crippen LogP contribution >= 0.6 is 15.9 Å². The lowest BCUT2D eigenvalue weighted by atomic mass is 10.0. The molecule has 2 unspecified atom stereocenters. The molecule has 4 nitrogen and oxygen atoms in total. The highest BCUT2D eigenvalue weighted by molar-refractivity contribution is 9.10. The summed E-state index contributed by atoms with van der Waals surface area (Å²) in [5.41, 5.74) is 1.05. The van der Waals surface area contributed by atoms with Gasteiger partial charge in [0.1, 0.15) is 6.04 Å². The molecule has 1 saturated heterocycles. The van der Waals surface area contributed by atoms with Crippen LogP contribution in [-0.2, 0) is 4.79 Å². The predicted molar refractivity (Wildman–Crippen MR) is 84.6 cm³/mol. The number of hydrogen-bond acceptors (Lipinski definition) is 3. The Morgan fingerprint density at radius 1 is 1.50 bits per heavy atom. The van der Waals surface area contributed by atoms with Gasteiger partial charge in [0.2, 0.25) is 5.91 Å². The number of rotatable bonds is 3. The third kappa shape index (κ3) is 3.40. The lowest BCUT2D eigenvalue weighted by Gasteiger charge is -2.40. The second kappa shape index (κ2) is 6.70. The number of benzene rings is 1. The molecule has 20 heavy (non-hydrogen) atoms. The van der Waals surface area contributed by atoms with Gasteiger partial charge in [-0.1, -0.05) is 28.1 Å². The highest BCUT2D eigenvalue weighted by Gasteiger charge is 2.33. The van der Waals surface area contributed by atoms with Gasteiger partial charge in [0.25, 0.3) is 0 Å². The van der Waals surface area contributed by atoms with Crippen molar-refractivity contribution in [2.24, 2.45) is 0 Å². The molecule has 1 heterocycles. The first-order chi connectivity index (χ1) is 9.50. The van der Waals surface area contributed by atoms with E-state index in [2.05, 4.69) is 33.1 Å². The molecule has 1 aromatic carbocycles. The van der Waals surface area contributed by atoms with Gasteiger partial charge in [-0.2, -0.15) is 0 Å². The Morgan fingerprint density at radius 2 is 2.25 bits per heavy atom. The molecular weight excluding hydrogens is 318 g/mol. The van der Waals surface area contributed by atoms with E-state index in [9.17, 15) is 4.79 Å². The Labute approximate surface area is 129 Å². The summed E-state index contributed by atoms with van der Waals surface area (Å²) in [6.45, 7) is 4.90. The number of nitrogens with one attached hydrogen (secondary N) is 1. The number of likely N-dealkylation sites (N-methyl/N-ethyl adjacent to an activating group) is 1. The van der Waals surface area contributed by atoms with Crippen LogP contribution in [0.25, 0.3) is 0 Å². The van der Waals surface area contributed by atoms with Crippen molar-refractivity contribution in [3.63, 3.8) is 0 Å². The molecule has 2 rings (SSSR count). The third-order valence-corrected chi connectivity index (χ3v) is 4.22. The summed E-state index contributed by atoms with van der Waals surface area (Å²) < 4.78 is 1.01. The summed E-state index contributed by atoms with van der Waals surface area (Å²) in [5.74, 6) is 0.136. The summed E-state index contributed by atoms with van der Waals surface area (Å²) in [7, 11) is 3.64. The Balaban J connectivity index is 2.36. The van der Waals surface area contributed by atoms with Crippen molar-refractivity contribution >= 4 is 21.8 Å². The van der Waals surface area contributed by atoms with E-state index in [0.29, 0.717) is 6.04 Å². The molecule has 1 aliphatic heterocycles. The first-order valence-electron chi connectivity index (χ1n) is 6.94. The van der Waals surface area contributed by atoms with Crippen molar-refractivity contribution in [2.45, 2.75) is 19.0 Å². The monoisotopic (exact) mass is 339 g/mol. The summed E-state index contributed by atoms with van der Waals surface area (Å²) in [6.07, 6.45) is 0. The van der Waals surface area contributed by atoms with Crippen LogP contribution in [0.4, 0.5) is 0 Å². The van der Waals surface area contributed by atoms with Crippen molar-refractivity contribution in [3.05, 3.63) is 34.3 Å². The SMILES string of the molecule is CC1CNCCN1C(C(=O)N(C)C)c1cccc(Br)c1. The maximum atomic E-state index is 12.6. The van der Waals surface area contributed by atoms with Crippen LogP contribution in [0.2, 0.25) is 0 Å². The lowest BCUT2D eigenvalue weighted by molar-refractivity contribution is -0.136. The van der Waals surface area contributed by atoms with Gasteiger partial charge in [-0.25, -0.2) is 0 Å². The van der Waals surface area contributed by atoms with Crippen LogP contribution in [0.1, 0.15) is 18.5 Å². The number of amides is 1. The fraction of sp³-hybridized carbons (Fsp3) is 0.533. The van der Waals surface area contributed by atoms with Crippen LogP contribution in [-0.4, -0.2) is 55.5 Å². The largest absolute Gasteiger partial charge is 0.347 e. The van der Waals surface area contributed by atoms with Gasteiger partial charge < -0.3 is 10.2 Å². The quantitative estimate of drug-likeness (QED) is 0.913. The first-order valence-corrected chi connectivity index (χ1v) is 7.73. The van der Waals surface area contributed by atoms with Crippen LogP contribution in [0.15, 0.2) is 28.7 Å². The van der Waals surface area contributed by atoms with E-state index in [0.717, 1.165) is 29.7 Å². The van der Waals surface area contributed by atoms with Gasteiger partial charge in [-0.3, -0.25) is 9.69 Å². The van der Waals surface area contributed by atoms with Gasteiger partial charge in [0.15, 0.2) is 0 Å². The minimum absolute atomic E-state index is 0.136. The van der Waals surface area contributed by atoms with Gasteiger partial charge in [0.05, 0.1) is 0 Å². The van der Waals surface area contributed by atoms with E-state index in [1.165, 1.54) is 0 Å². The van der Waals surface area contributed by atoms with Crippen LogP contribution in [0.3, 0.4) is 0 Å². The highest BCUT2D eigenvalue weighted by Crippen LogP contribution is 2.27. The van der Waals surface area contributed by atoms with Gasteiger partial charge in [-0.15, -0.1) is 0 Å². The predicted octanol–water partition coefficient (Wildman–Crippen LogP) is 1.87. The summed E-state index contributed by atoms with van der Waals surface area (Å²) in [4.78, 5) is 16.6. The minimum atomic E-state index is -0.209. The average Bonchev–Trinajstić information content (AvgIpc) is 2.41. The molecular formula is C15H22BrN3O. The molecule has 1 amide bonds. The zero-order chi connectivity index (χ0) is 14.7. The second-order valence-corrected chi connectivity index (χ2v) is 6.40. The number of carbonyl (C=O) groups is 1. The van der Waals surface area contributed by atoms with E-state index in [4.69, 9.17) is 0 Å². The van der Waals surface area contributed by atoms with E-state index in [-0.39, 0.29) is 11.9 Å². The van der Waals surface area contributed by atoms with Crippen molar-refractivity contribution < 1.29 is 4.79 Å². The molecule has 1 aromatic rings. The molecule has 110 valence electrons. The van der Waals surface area contributed by atoms with E-state index in [1.807, 2.05) is 38.4 Å². The molecule has 5 heteroatoms. The van der Waals surface area contributed by atoms with Crippen molar-refractivity contribution in [1.82, 2.24) is 15.1 Å². The standard InChI is InChI=1S/C15H22BrN3O/c1-11-10-17-7-8-19(11)14(15(20)18(2)3)12-5-4-6-13(16)9-12/h4-6,9,11,14,17H,7-8,10H2,1-3H3. The maximum Gasteiger partial charge on any atom is 0.244 e. The zero-order valence-electron chi connectivity index (χ0n) is 12.3. The Bertz CT molecular complexity index is 478. The van der Waals surface area contributed by atoms with E-state index < -0.39 is 0 Å². The molecule has 2 atom stereocenters. The Kier molecular flexibility index (Phi) is 5.18. The van der Waals surface area contributed by atoms with Gasteiger partial charge in [-0.05, 0) is 24.6 Å². The topological polar surface area (TPSA) is 35.6 Å². The zero-order valence-corrected chi connectivity index (χ0v) is 13.9. The second-order valence-electron chi connectivity index (χ2n) is 5.48. The summed E-state index contributed by atoms with van der Waals surface area (Å²) >= 11 is 3.50. The molecule has 0 aliphatic carbocycles. The Morgan fingerprint density at radius 3 is 2.85 bits per heavy atom. The number of carbonyl (C=O) groups excluding carboxylic acids is 1. The van der Waals surface area contributed by atoms with Crippen molar-refractivity contribution in [2.75, 3.05) is 33.7 Å². The first kappa shape index (κ1) is 15.5. The molecule has 1 aliphatic rings. The van der Waals surface area contributed by atoms with E-state index >= 15 is 0 Å². The molecule has 0 bridgehead atoms. The number of nitrogens with zero attached hydrogens (tertiary/aromatic N) is 2. The molecule has 0 radical (unpaired) electrons. The molecule has 0 saturated carbocycles. The van der Waals surface area contributed by atoms with Gasteiger partial charge in [0, 0.05) is 44.2 Å². The minimum Gasteiger partial charge on any atom is -0.347 e. The molecule has 0 aromatic heterocycles. The molecule has 0 spiro atoms. The molecule has 1 fully saturated rings.